The van der Waals surface area contributed by atoms with E-state index in [4.69, 9.17) is 0 Å². The van der Waals surface area contributed by atoms with E-state index in [2.05, 4.69) is 16.0 Å². The number of sulfonamides is 1. The van der Waals surface area contributed by atoms with Gasteiger partial charge in [-0.2, -0.15) is 9.57 Å². The van der Waals surface area contributed by atoms with Crippen LogP contribution in [-0.2, 0) is 10.0 Å². The van der Waals surface area contributed by atoms with E-state index in [0.29, 0.717) is 19.5 Å². The van der Waals surface area contributed by atoms with E-state index in [1.807, 2.05) is 38.3 Å². The summed E-state index contributed by atoms with van der Waals surface area (Å²) in [6.45, 7) is 4.55. The molecule has 0 saturated heterocycles. The SMILES string of the molecule is CC(C)C(C#N)CS(=O)(=O)N1CC=C(c2c[nH]c3ncccc23)CC1. The Kier molecular flexibility index (Phi) is 4.93. The molecule has 0 saturated carbocycles. The fourth-order valence-electron chi connectivity index (χ4n) is 3.08. The average Bonchev–Trinajstić information content (AvgIpc) is 3.03. The maximum absolute atomic E-state index is 12.6. The fraction of sp³-hybridized carbons (Fsp3) is 0.444. The van der Waals surface area contributed by atoms with Gasteiger partial charge in [-0.25, -0.2) is 13.4 Å². The molecule has 3 heterocycles. The number of H-pyrrole nitrogens is 1. The van der Waals surface area contributed by atoms with Crippen LogP contribution in [0.2, 0.25) is 0 Å². The first-order chi connectivity index (χ1) is 11.9. The van der Waals surface area contributed by atoms with Gasteiger partial charge in [0.25, 0.3) is 0 Å². The topological polar surface area (TPSA) is 89.9 Å². The van der Waals surface area contributed by atoms with Gasteiger partial charge in [0.2, 0.25) is 10.0 Å². The number of nitriles is 1. The van der Waals surface area contributed by atoms with Crippen LogP contribution in [0, 0.1) is 23.2 Å². The molecule has 0 radical (unpaired) electrons. The molecule has 1 N–H and O–H groups in total. The molecule has 6 nitrogen and oxygen atoms in total. The van der Waals surface area contributed by atoms with E-state index in [-0.39, 0.29) is 11.7 Å². The van der Waals surface area contributed by atoms with Crippen molar-refractivity contribution < 1.29 is 8.42 Å². The molecule has 1 aliphatic rings. The van der Waals surface area contributed by atoms with Crippen LogP contribution < -0.4 is 0 Å². The quantitative estimate of drug-likeness (QED) is 0.890. The summed E-state index contributed by atoms with van der Waals surface area (Å²) >= 11 is 0. The van der Waals surface area contributed by atoms with Crippen LogP contribution in [0.25, 0.3) is 16.6 Å². The lowest BCUT2D eigenvalue weighted by Crippen LogP contribution is -2.38. The highest BCUT2D eigenvalue weighted by molar-refractivity contribution is 7.89. The summed E-state index contributed by atoms with van der Waals surface area (Å²) in [6.07, 6.45) is 6.29. The summed E-state index contributed by atoms with van der Waals surface area (Å²) in [5, 5.41) is 10.2. The highest BCUT2D eigenvalue weighted by Gasteiger charge is 2.29. The van der Waals surface area contributed by atoms with Crippen molar-refractivity contribution in [2.45, 2.75) is 20.3 Å². The highest BCUT2D eigenvalue weighted by Crippen LogP contribution is 2.29. The summed E-state index contributed by atoms with van der Waals surface area (Å²) in [5.41, 5.74) is 3.05. The predicted molar refractivity (Wildman–Crippen MR) is 98.0 cm³/mol. The molecule has 1 aliphatic heterocycles. The maximum Gasteiger partial charge on any atom is 0.215 e. The van der Waals surface area contributed by atoms with Crippen LogP contribution in [0.3, 0.4) is 0 Å². The number of hydrogen-bond acceptors (Lipinski definition) is 4. The van der Waals surface area contributed by atoms with E-state index < -0.39 is 15.9 Å². The van der Waals surface area contributed by atoms with Gasteiger partial charge in [0, 0.05) is 36.4 Å². The second-order valence-corrected chi connectivity index (χ2v) is 8.71. The Morgan fingerprint density at radius 1 is 1.44 bits per heavy atom. The minimum absolute atomic E-state index is 0.0226. The molecule has 25 heavy (non-hydrogen) atoms. The Balaban J connectivity index is 1.77. The predicted octanol–water partition coefficient (Wildman–Crippen LogP) is 2.78. The van der Waals surface area contributed by atoms with Crippen molar-refractivity contribution in [1.29, 1.82) is 5.26 Å². The van der Waals surface area contributed by atoms with Crippen LogP contribution in [0.4, 0.5) is 0 Å². The van der Waals surface area contributed by atoms with Crippen molar-refractivity contribution in [3.63, 3.8) is 0 Å². The fourth-order valence-corrected chi connectivity index (χ4v) is 4.88. The number of aromatic nitrogens is 2. The molecule has 0 bridgehead atoms. The molecule has 0 aliphatic carbocycles. The van der Waals surface area contributed by atoms with Crippen LogP contribution in [0.15, 0.2) is 30.6 Å². The standard InChI is InChI=1S/C18H22N4O2S/c1-13(2)15(10-19)12-25(23,24)22-8-5-14(6-9-22)17-11-21-18-16(17)4-3-7-20-18/h3-5,7,11,13,15H,6,8-9,12H2,1-2H3,(H,20,21). The lowest BCUT2D eigenvalue weighted by molar-refractivity contribution is 0.425. The molecule has 2 aromatic heterocycles. The van der Waals surface area contributed by atoms with Gasteiger partial charge in [-0.3, -0.25) is 0 Å². The van der Waals surface area contributed by atoms with Gasteiger partial charge in [-0.1, -0.05) is 19.9 Å². The molecular formula is C18H22N4O2S. The number of nitrogens with zero attached hydrogens (tertiary/aromatic N) is 3. The second kappa shape index (κ2) is 6.98. The molecule has 1 unspecified atom stereocenters. The van der Waals surface area contributed by atoms with E-state index in [1.54, 1.807) is 6.20 Å². The zero-order valence-electron chi connectivity index (χ0n) is 14.4. The third kappa shape index (κ3) is 3.60. The maximum atomic E-state index is 12.6. The smallest absolute Gasteiger partial charge is 0.215 e. The Labute approximate surface area is 148 Å². The van der Waals surface area contributed by atoms with Crippen LogP contribution in [0.5, 0.6) is 0 Å². The van der Waals surface area contributed by atoms with Gasteiger partial charge in [-0.15, -0.1) is 0 Å². The Morgan fingerprint density at radius 2 is 2.24 bits per heavy atom. The number of rotatable bonds is 5. The van der Waals surface area contributed by atoms with Crippen molar-refractivity contribution in [3.05, 3.63) is 36.2 Å². The first-order valence-electron chi connectivity index (χ1n) is 8.41. The first-order valence-corrected chi connectivity index (χ1v) is 10.0. The lowest BCUT2D eigenvalue weighted by Gasteiger charge is -2.27. The zero-order chi connectivity index (χ0) is 18.0. The number of aromatic amines is 1. The number of pyridine rings is 1. The molecule has 132 valence electrons. The van der Waals surface area contributed by atoms with Crippen molar-refractivity contribution in [3.8, 4) is 6.07 Å². The molecule has 0 amide bonds. The Morgan fingerprint density at radius 3 is 2.88 bits per heavy atom. The van der Waals surface area contributed by atoms with Crippen molar-refractivity contribution in [2.75, 3.05) is 18.8 Å². The Hall–Kier alpha value is -2.17. The monoisotopic (exact) mass is 358 g/mol. The summed E-state index contributed by atoms with van der Waals surface area (Å²) in [4.78, 5) is 7.44. The number of hydrogen-bond donors (Lipinski definition) is 1. The normalized spacial score (nSPS) is 17.4. The highest BCUT2D eigenvalue weighted by atomic mass is 32.2. The third-order valence-corrected chi connectivity index (χ3v) is 6.62. The Bertz CT molecular complexity index is 937. The van der Waals surface area contributed by atoms with E-state index in [0.717, 1.165) is 22.2 Å². The molecule has 7 heteroatoms. The lowest BCUT2D eigenvalue weighted by atomic mass is 10.0. The van der Waals surface area contributed by atoms with Crippen LogP contribution in [-0.4, -0.2) is 41.5 Å². The molecule has 0 aromatic carbocycles. The summed E-state index contributed by atoms with van der Waals surface area (Å²) < 4.78 is 26.7. The van der Waals surface area contributed by atoms with Crippen LogP contribution in [0.1, 0.15) is 25.8 Å². The van der Waals surface area contributed by atoms with E-state index >= 15 is 0 Å². The van der Waals surface area contributed by atoms with Gasteiger partial charge in [0.15, 0.2) is 0 Å². The zero-order valence-corrected chi connectivity index (χ0v) is 15.3. The minimum Gasteiger partial charge on any atom is -0.346 e. The molecule has 2 aromatic rings. The molecule has 0 fully saturated rings. The summed E-state index contributed by atoms with van der Waals surface area (Å²) in [5.74, 6) is -0.564. The van der Waals surface area contributed by atoms with Gasteiger partial charge in [0.1, 0.15) is 5.65 Å². The van der Waals surface area contributed by atoms with Gasteiger partial charge in [-0.05, 0) is 30.0 Å². The van der Waals surface area contributed by atoms with Crippen molar-refractivity contribution >= 4 is 26.6 Å². The van der Waals surface area contributed by atoms with Gasteiger partial charge in [0.05, 0.1) is 17.7 Å². The third-order valence-electron chi connectivity index (χ3n) is 4.72. The molecule has 0 spiro atoms. The van der Waals surface area contributed by atoms with Gasteiger partial charge >= 0.3 is 0 Å². The summed E-state index contributed by atoms with van der Waals surface area (Å²) in [6, 6.07) is 6.02. The largest absolute Gasteiger partial charge is 0.346 e. The van der Waals surface area contributed by atoms with Crippen molar-refractivity contribution in [1.82, 2.24) is 14.3 Å². The second-order valence-electron chi connectivity index (χ2n) is 6.70. The minimum atomic E-state index is -3.43. The van der Waals surface area contributed by atoms with Crippen LogP contribution >= 0.6 is 0 Å². The average molecular weight is 358 g/mol. The van der Waals surface area contributed by atoms with E-state index in [1.165, 1.54) is 4.31 Å². The number of nitrogens with one attached hydrogen (secondary N) is 1. The first kappa shape index (κ1) is 17.6. The summed E-state index contributed by atoms with van der Waals surface area (Å²) in [7, 11) is -3.43. The molecule has 1 atom stereocenters. The van der Waals surface area contributed by atoms with E-state index in [9.17, 15) is 13.7 Å². The number of fused-ring (bicyclic) bond motifs is 1. The molecule has 3 rings (SSSR count). The van der Waals surface area contributed by atoms with Gasteiger partial charge < -0.3 is 4.98 Å². The molecular weight excluding hydrogens is 336 g/mol. The van der Waals surface area contributed by atoms with Crippen molar-refractivity contribution in [2.24, 2.45) is 11.8 Å².